The Balaban J connectivity index is 2.36. The van der Waals surface area contributed by atoms with Gasteiger partial charge in [0.25, 0.3) is 0 Å². The molecule has 0 N–H and O–H groups in total. The predicted molar refractivity (Wildman–Crippen MR) is 90.0 cm³/mol. The summed E-state index contributed by atoms with van der Waals surface area (Å²) < 4.78 is 11.2. The minimum Gasteiger partial charge on any atom is -0.490 e. The van der Waals surface area contributed by atoms with Crippen molar-refractivity contribution < 1.29 is 14.3 Å². The van der Waals surface area contributed by atoms with Crippen LogP contribution in [0.3, 0.4) is 0 Å². The van der Waals surface area contributed by atoms with Gasteiger partial charge in [0, 0.05) is 0 Å². The molecule has 3 nitrogen and oxygen atoms in total. The number of carbonyl (C=O) groups excluding carboxylic acids is 1. The summed E-state index contributed by atoms with van der Waals surface area (Å²) in [7, 11) is 0. The second-order valence-electron chi connectivity index (χ2n) is 5.85. The topological polar surface area (TPSA) is 35.5 Å². The van der Waals surface area contributed by atoms with Gasteiger partial charge in [-0.05, 0) is 31.9 Å². The first-order valence-corrected chi connectivity index (χ1v) is 8.55. The van der Waals surface area contributed by atoms with Crippen LogP contribution in [-0.4, -0.2) is 18.7 Å². The van der Waals surface area contributed by atoms with Gasteiger partial charge in [-0.3, -0.25) is 4.79 Å². The molecule has 0 amide bonds. The van der Waals surface area contributed by atoms with E-state index in [1.807, 2.05) is 37.3 Å². The molecule has 0 saturated heterocycles. The molecule has 124 valence electrons. The maximum Gasteiger partial charge on any atom is 0.309 e. The zero-order chi connectivity index (χ0) is 16.2. The van der Waals surface area contributed by atoms with Crippen LogP contribution in [-0.2, 0) is 9.53 Å². The lowest BCUT2D eigenvalue weighted by Gasteiger charge is -2.19. The molecule has 0 aromatic heterocycles. The standard InChI is InChI=1S/C19H30O3/c1-4-6-8-12-17(11-5-2)19(20)22-16(3)15-21-18-13-9-7-10-14-18/h7,9-10,13-14,16-17H,4-6,8,11-12,15H2,1-3H3. The summed E-state index contributed by atoms with van der Waals surface area (Å²) in [4.78, 5) is 12.3. The van der Waals surface area contributed by atoms with E-state index in [4.69, 9.17) is 9.47 Å². The third-order valence-corrected chi connectivity index (χ3v) is 3.67. The normalized spacial score (nSPS) is 13.4. The molecule has 0 heterocycles. The number of hydrogen-bond acceptors (Lipinski definition) is 3. The minimum absolute atomic E-state index is 0.0377. The van der Waals surface area contributed by atoms with E-state index in [-0.39, 0.29) is 18.0 Å². The summed E-state index contributed by atoms with van der Waals surface area (Å²) in [5, 5.41) is 0. The maximum absolute atomic E-state index is 12.3. The molecular formula is C19H30O3. The highest BCUT2D eigenvalue weighted by atomic mass is 16.6. The number of carbonyl (C=O) groups is 1. The van der Waals surface area contributed by atoms with Crippen molar-refractivity contribution in [1.82, 2.24) is 0 Å². The van der Waals surface area contributed by atoms with Gasteiger partial charge in [-0.15, -0.1) is 0 Å². The van der Waals surface area contributed by atoms with E-state index in [0.717, 1.165) is 31.4 Å². The van der Waals surface area contributed by atoms with Gasteiger partial charge in [-0.2, -0.15) is 0 Å². The van der Waals surface area contributed by atoms with Crippen LogP contribution in [0.15, 0.2) is 30.3 Å². The van der Waals surface area contributed by atoms with Crippen molar-refractivity contribution in [1.29, 1.82) is 0 Å². The van der Waals surface area contributed by atoms with Crippen molar-refractivity contribution in [2.45, 2.75) is 65.4 Å². The summed E-state index contributed by atoms with van der Waals surface area (Å²) >= 11 is 0. The Bertz CT molecular complexity index is 402. The lowest BCUT2D eigenvalue weighted by Crippen LogP contribution is -2.26. The minimum atomic E-state index is -0.224. The number of rotatable bonds is 11. The average Bonchev–Trinajstić information content (AvgIpc) is 2.53. The highest BCUT2D eigenvalue weighted by molar-refractivity contribution is 5.72. The molecule has 0 fully saturated rings. The van der Waals surface area contributed by atoms with Gasteiger partial charge in [0.1, 0.15) is 18.5 Å². The van der Waals surface area contributed by atoms with Gasteiger partial charge < -0.3 is 9.47 Å². The van der Waals surface area contributed by atoms with E-state index in [9.17, 15) is 4.79 Å². The monoisotopic (exact) mass is 306 g/mol. The molecule has 0 spiro atoms. The quantitative estimate of drug-likeness (QED) is 0.426. The smallest absolute Gasteiger partial charge is 0.309 e. The molecule has 1 aromatic carbocycles. The molecule has 0 aliphatic carbocycles. The molecule has 0 radical (unpaired) electrons. The zero-order valence-electron chi connectivity index (χ0n) is 14.2. The molecule has 1 rings (SSSR count). The van der Waals surface area contributed by atoms with Crippen LogP contribution in [0.25, 0.3) is 0 Å². The third kappa shape index (κ3) is 7.48. The van der Waals surface area contributed by atoms with E-state index >= 15 is 0 Å². The Morgan fingerprint density at radius 2 is 1.77 bits per heavy atom. The molecule has 1 aromatic rings. The Kier molecular flexibility index (Phi) is 9.36. The second kappa shape index (κ2) is 11.1. The van der Waals surface area contributed by atoms with Gasteiger partial charge in [0.15, 0.2) is 0 Å². The van der Waals surface area contributed by atoms with Crippen molar-refractivity contribution in [2.75, 3.05) is 6.61 Å². The van der Waals surface area contributed by atoms with E-state index in [0.29, 0.717) is 6.61 Å². The largest absolute Gasteiger partial charge is 0.490 e. The van der Waals surface area contributed by atoms with Crippen LogP contribution in [0.1, 0.15) is 59.3 Å². The maximum atomic E-state index is 12.3. The van der Waals surface area contributed by atoms with Crippen molar-refractivity contribution in [2.24, 2.45) is 5.92 Å². The Labute approximate surface area is 135 Å². The van der Waals surface area contributed by atoms with Crippen molar-refractivity contribution >= 4 is 5.97 Å². The van der Waals surface area contributed by atoms with E-state index in [1.165, 1.54) is 12.8 Å². The fourth-order valence-corrected chi connectivity index (χ4v) is 2.43. The van der Waals surface area contributed by atoms with Gasteiger partial charge in [0.05, 0.1) is 5.92 Å². The Morgan fingerprint density at radius 3 is 2.41 bits per heavy atom. The van der Waals surface area contributed by atoms with E-state index in [2.05, 4.69) is 13.8 Å². The number of hydrogen-bond donors (Lipinski definition) is 0. The molecule has 2 atom stereocenters. The highest BCUT2D eigenvalue weighted by Gasteiger charge is 2.21. The first-order chi connectivity index (χ1) is 10.7. The number of ether oxygens (including phenoxy) is 2. The third-order valence-electron chi connectivity index (χ3n) is 3.67. The number of esters is 1. The first kappa shape index (κ1) is 18.5. The first-order valence-electron chi connectivity index (χ1n) is 8.55. The van der Waals surface area contributed by atoms with Crippen molar-refractivity contribution in [3.63, 3.8) is 0 Å². The summed E-state index contributed by atoms with van der Waals surface area (Å²) in [5.41, 5.74) is 0. The molecule has 0 bridgehead atoms. The van der Waals surface area contributed by atoms with Crippen molar-refractivity contribution in [3.05, 3.63) is 30.3 Å². The number of para-hydroxylation sites is 1. The summed E-state index contributed by atoms with van der Waals surface area (Å²) in [6.45, 7) is 6.57. The number of unbranched alkanes of at least 4 members (excludes halogenated alkanes) is 2. The van der Waals surface area contributed by atoms with Crippen molar-refractivity contribution in [3.8, 4) is 5.75 Å². The van der Waals surface area contributed by atoms with Crippen LogP contribution in [0, 0.1) is 5.92 Å². The van der Waals surface area contributed by atoms with E-state index in [1.54, 1.807) is 0 Å². The Morgan fingerprint density at radius 1 is 1.05 bits per heavy atom. The van der Waals surface area contributed by atoms with E-state index < -0.39 is 0 Å². The van der Waals surface area contributed by atoms with Crippen LogP contribution in [0.5, 0.6) is 5.75 Å². The molecular weight excluding hydrogens is 276 g/mol. The average molecular weight is 306 g/mol. The van der Waals surface area contributed by atoms with Crippen LogP contribution < -0.4 is 4.74 Å². The molecule has 3 heteroatoms. The Hall–Kier alpha value is -1.51. The van der Waals surface area contributed by atoms with Gasteiger partial charge in [-0.25, -0.2) is 0 Å². The van der Waals surface area contributed by atoms with Crippen LogP contribution in [0.4, 0.5) is 0 Å². The SMILES string of the molecule is CCCCCC(CCC)C(=O)OC(C)COc1ccccc1. The fraction of sp³-hybridized carbons (Fsp3) is 0.632. The molecule has 0 saturated carbocycles. The zero-order valence-corrected chi connectivity index (χ0v) is 14.2. The van der Waals surface area contributed by atoms with Gasteiger partial charge in [0.2, 0.25) is 0 Å². The van der Waals surface area contributed by atoms with Gasteiger partial charge in [-0.1, -0.05) is 57.7 Å². The summed E-state index contributed by atoms with van der Waals surface area (Å²) in [5.74, 6) is 0.774. The second-order valence-corrected chi connectivity index (χ2v) is 5.85. The van der Waals surface area contributed by atoms with Crippen LogP contribution >= 0.6 is 0 Å². The molecule has 22 heavy (non-hydrogen) atoms. The number of benzene rings is 1. The van der Waals surface area contributed by atoms with Crippen LogP contribution in [0.2, 0.25) is 0 Å². The summed E-state index contributed by atoms with van der Waals surface area (Å²) in [6.07, 6.45) is 6.10. The molecule has 2 unspecified atom stereocenters. The molecule has 0 aliphatic rings. The van der Waals surface area contributed by atoms with Gasteiger partial charge >= 0.3 is 5.97 Å². The molecule has 0 aliphatic heterocycles. The highest BCUT2D eigenvalue weighted by Crippen LogP contribution is 2.18. The summed E-state index contributed by atoms with van der Waals surface area (Å²) in [6, 6.07) is 9.61. The predicted octanol–water partition coefficient (Wildman–Crippen LogP) is 4.99. The fourth-order valence-electron chi connectivity index (χ4n) is 2.43. The lowest BCUT2D eigenvalue weighted by molar-refractivity contribution is -0.155. The lowest BCUT2D eigenvalue weighted by atomic mass is 9.96.